The van der Waals surface area contributed by atoms with Crippen LogP contribution in [0.15, 0.2) is 11.0 Å². The zero-order valence-electron chi connectivity index (χ0n) is 11.3. The van der Waals surface area contributed by atoms with Crippen molar-refractivity contribution in [3.63, 3.8) is 0 Å². The van der Waals surface area contributed by atoms with E-state index in [1.807, 2.05) is 0 Å². The summed E-state index contributed by atoms with van der Waals surface area (Å²) in [7, 11) is -4.49. The first kappa shape index (κ1) is 21.6. The third kappa shape index (κ3) is 6.71. The minimum Gasteiger partial charge on any atom is -0.465 e. The number of carbonyl (C=O) groups is 1. The van der Waals surface area contributed by atoms with Gasteiger partial charge in [-0.2, -0.15) is 35.1 Å². The van der Waals surface area contributed by atoms with Crippen LogP contribution in [0.4, 0.5) is 35.1 Å². The van der Waals surface area contributed by atoms with Gasteiger partial charge in [0.25, 0.3) is 0 Å². The highest BCUT2D eigenvalue weighted by molar-refractivity contribution is 7.96. The summed E-state index contributed by atoms with van der Waals surface area (Å²) in [5.74, 6) is -8.91. The van der Waals surface area contributed by atoms with E-state index in [1.165, 1.54) is 0 Å². The number of alkyl halides is 8. The number of allylic oxidation sites excluding steroid dienone is 1. The predicted octanol–water partition coefficient (Wildman–Crippen LogP) is 3.00. The monoisotopic (exact) mass is 378 g/mol. The van der Waals surface area contributed by atoms with Gasteiger partial charge in [-0.15, -0.1) is 0 Å². The average molecular weight is 378 g/mol. The molecular weight excluding hydrogens is 368 g/mol. The average Bonchev–Trinajstić information content (AvgIpc) is 2.33. The zero-order valence-corrected chi connectivity index (χ0v) is 12.1. The SMILES string of the molecule is COC(=O)C(=CCC(F)(F)C(F)(F)F)S(=O)(=O)CCC(F)(F)F. The van der Waals surface area contributed by atoms with Crippen LogP contribution in [0.1, 0.15) is 12.8 Å². The van der Waals surface area contributed by atoms with Gasteiger partial charge in [0.2, 0.25) is 0 Å². The minimum absolute atomic E-state index is 0.301. The Kier molecular flexibility index (Phi) is 6.58. The molecule has 0 N–H and O–H groups in total. The van der Waals surface area contributed by atoms with Gasteiger partial charge in [-0.3, -0.25) is 0 Å². The second-order valence-electron chi connectivity index (χ2n) is 4.15. The van der Waals surface area contributed by atoms with E-state index in [4.69, 9.17) is 0 Å². The zero-order chi connectivity index (χ0) is 18.7. The molecule has 136 valence electrons. The number of methoxy groups -OCH3 is 1. The van der Waals surface area contributed by atoms with E-state index < -0.39 is 57.6 Å². The van der Waals surface area contributed by atoms with E-state index in [1.54, 1.807) is 0 Å². The number of hydrogen-bond donors (Lipinski definition) is 0. The highest BCUT2D eigenvalue weighted by atomic mass is 32.2. The molecule has 0 saturated carbocycles. The standard InChI is InChI=1S/C10H10F8O4S/c1-22-7(19)6(2-3-8(11,12)10(16,17)18)23(20,21)5-4-9(13,14)15/h2H,3-5H2,1H3. The van der Waals surface area contributed by atoms with Crippen molar-refractivity contribution in [3.8, 4) is 0 Å². The fourth-order valence-electron chi connectivity index (χ4n) is 1.13. The maximum Gasteiger partial charge on any atom is 0.453 e. The number of rotatable bonds is 6. The van der Waals surface area contributed by atoms with E-state index in [9.17, 15) is 48.3 Å². The first-order chi connectivity index (χ1) is 10.0. The van der Waals surface area contributed by atoms with Crippen molar-refractivity contribution in [1.29, 1.82) is 0 Å². The number of hydrogen-bond acceptors (Lipinski definition) is 4. The molecule has 23 heavy (non-hydrogen) atoms. The van der Waals surface area contributed by atoms with E-state index in [0.717, 1.165) is 0 Å². The first-order valence-electron chi connectivity index (χ1n) is 5.56. The summed E-state index contributed by atoms with van der Waals surface area (Å²) in [4.78, 5) is 9.49. The lowest BCUT2D eigenvalue weighted by molar-refractivity contribution is -0.280. The van der Waals surface area contributed by atoms with Crippen LogP contribution in [-0.2, 0) is 19.4 Å². The second kappa shape index (κ2) is 7.01. The molecule has 0 spiro atoms. The Balaban J connectivity index is 5.55. The Morgan fingerprint density at radius 3 is 1.87 bits per heavy atom. The molecule has 4 nitrogen and oxygen atoms in total. The Hall–Kier alpha value is -1.40. The smallest absolute Gasteiger partial charge is 0.453 e. The lowest BCUT2D eigenvalue weighted by atomic mass is 10.2. The van der Waals surface area contributed by atoms with Crippen molar-refractivity contribution in [2.24, 2.45) is 0 Å². The Morgan fingerprint density at radius 1 is 1.04 bits per heavy atom. The van der Waals surface area contributed by atoms with Gasteiger partial charge in [0.15, 0.2) is 9.84 Å². The largest absolute Gasteiger partial charge is 0.465 e. The van der Waals surface area contributed by atoms with Crippen LogP contribution < -0.4 is 0 Å². The molecule has 0 radical (unpaired) electrons. The summed E-state index contributed by atoms with van der Waals surface area (Å²) in [6, 6.07) is 0. The van der Waals surface area contributed by atoms with E-state index >= 15 is 0 Å². The molecular formula is C10H10F8O4S. The maximum atomic E-state index is 12.7. The molecule has 0 bridgehead atoms. The van der Waals surface area contributed by atoms with Gasteiger partial charge >= 0.3 is 24.2 Å². The molecule has 0 saturated heterocycles. The Bertz CT molecular complexity index is 558. The van der Waals surface area contributed by atoms with E-state index in [0.29, 0.717) is 7.11 Å². The fourth-order valence-corrected chi connectivity index (χ4v) is 2.53. The van der Waals surface area contributed by atoms with E-state index in [-0.39, 0.29) is 6.08 Å². The molecule has 0 rings (SSSR count). The van der Waals surface area contributed by atoms with Gasteiger partial charge < -0.3 is 4.74 Å². The third-order valence-electron chi connectivity index (χ3n) is 2.33. The Labute approximate surface area is 125 Å². The van der Waals surface area contributed by atoms with Crippen molar-refractivity contribution in [2.75, 3.05) is 12.9 Å². The summed E-state index contributed by atoms with van der Waals surface area (Å²) in [6.45, 7) is 0. The van der Waals surface area contributed by atoms with Crippen LogP contribution in [0, 0.1) is 0 Å². The number of carbonyl (C=O) groups excluding carboxylic acids is 1. The van der Waals surface area contributed by atoms with Gasteiger partial charge in [-0.05, 0) is 0 Å². The summed E-state index contributed by atoms with van der Waals surface area (Å²) in [5, 5.41) is 0. The molecule has 0 atom stereocenters. The quantitative estimate of drug-likeness (QED) is 0.405. The van der Waals surface area contributed by atoms with Crippen molar-refractivity contribution in [2.45, 2.75) is 31.1 Å². The summed E-state index contributed by atoms with van der Waals surface area (Å²) in [6.07, 6.45) is -15.4. The normalized spacial score (nSPS) is 14.7. The molecule has 13 heteroatoms. The Morgan fingerprint density at radius 2 is 1.52 bits per heavy atom. The van der Waals surface area contributed by atoms with Gasteiger partial charge in [-0.1, -0.05) is 6.08 Å². The summed E-state index contributed by atoms with van der Waals surface area (Å²) < 4.78 is 124. The van der Waals surface area contributed by atoms with Crippen LogP contribution in [0.3, 0.4) is 0 Å². The molecule has 0 unspecified atom stereocenters. The molecule has 0 aliphatic rings. The molecule has 0 aromatic heterocycles. The number of halogens is 8. The number of ether oxygens (including phenoxy) is 1. The third-order valence-corrected chi connectivity index (χ3v) is 4.08. The van der Waals surface area contributed by atoms with Crippen LogP contribution in [0.25, 0.3) is 0 Å². The van der Waals surface area contributed by atoms with Crippen LogP contribution in [-0.4, -0.2) is 45.5 Å². The van der Waals surface area contributed by atoms with Crippen LogP contribution >= 0.6 is 0 Å². The molecule has 0 aliphatic heterocycles. The summed E-state index contributed by atoms with van der Waals surface area (Å²) in [5.41, 5.74) is 0. The van der Waals surface area contributed by atoms with Crippen molar-refractivity contribution >= 4 is 15.8 Å². The van der Waals surface area contributed by atoms with Crippen molar-refractivity contribution < 1.29 is 53.1 Å². The van der Waals surface area contributed by atoms with Crippen LogP contribution in [0.5, 0.6) is 0 Å². The van der Waals surface area contributed by atoms with Crippen LogP contribution in [0.2, 0.25) is 0 Å². The highest BCUT2D eigenvalue weighted by Crippen LogP contribution is 2.38. The number of sulfone groups is 1. The molecule has 0 fully saturated rings. The first-order valence-corrected chi connectivity index (χ1v) is 7.21. The number of esters is 1. The lowest BCUT2D eigenvalue weighted by Crippen LogP contribution is -2.36. The minimum atomic E-state index is -6.03. The lowest BCUT2D eigenvalue weighted by Gasteiger charge is -2.18. The van der Waals surface area contributed by atoms with Crippen molar-refractivity contribution in [1.82, 2.24) is 0 Å². The summed E-state index contributed by atoms with van der Waals surface area (Å²) >= 11 is 0. The second-order valence-corrected chi connectivity index (χ2v) is 6.23. The van der Waals surface area contributed by atoms with E-state index in [2.05, 4.69) is 4.74 Å². The highest BCUT2D eigenvalue weighted by Gasteiger charge is 2.56. The van der Waals surface area contributed by atoms with Crippen molar-refractivity contribution in [3.05, 3.63) is 11.0 Å². The molecule has 0 amide bonds. The fraction of sp³-hybridized carbons (Fsp3) is 0.700. The molecule has 0 aliphatic carbocycles. The predicted molar refractivity (Wildman–Crippen MR) is 60.2 cm³/mol. The van der Waals surface area contributed by atoms with Gasteiger partial charge in [-0.25, -0.2) is 13.2 Å². The van der Waals surface area contributed by atoms with Gasteiger partial charge in [0, 0.05) is 6.42 Å². The van der Waals surface area contributed by atoms with Gasteiger partial charge in [0.1, 0.15) is 4.91 Å². The molecule has 0 heterocycles. The topological polar surface area (TPSA) is 60.4 Å². The molecule has 0 aromatic rings. The maximum absolute atomic E-state index is 12.7. The van der Waals surface area contributed by atoms with Gasteiger partial charge in [0.05, 0.1) is 19.3 Å². The molecule has 0 aromatic carbocycles.